The first kappa shape index (κ1) is 12.7. The van der Waals surface area contributed by atoms with Gasteiger partial charge in [-0.3, -0.25) is 0 Å². The number of hydrogen-bond acceptors (Lipinski definition) is 2. The van der Waals surface area contributed by atoms with Crippen LogP contribution in [0.3, 0.4) is 0 Å². The van der Waals surface area contributed by atoms with Crippen molar-refractivity contribution >= 4 is 28.9 Å². The molecule has 0 saturated heterocycles. The summed E-state index contributed by atoms with van der Waals surface area (Å²) in [4.78, 5) is 0. The Morgan fingerprint density at radius 1 is 1.24 bits per heavy atom. The predicted molar refractivity (Wildman–Crippen MR) is 64.4 cm³/mol. The molecule has 1 saturated carbocycles. The standard InChI is InChI=1S/C11H11Cl2F2NO/c12-8-4-7(16-6-2-1-3-6)5-9(13)10(8)17-11(14)15/h4-6,11,16H,1-3H2. The van der Waals surface area contributed by atoms with Crippen LogP contribution in [0.5, 0.6) is 5.75 Å². The van der Waals surface area contributed by atoms with Crippen LogP contribution >= 0.6 is 23.2 Å². The average molecular weight is 282 g/mol. The van der Waals surface area contributed by atoms with Crippen molar-refractivity contribution in [1.82, 2.24) is 0 Å². The summed E-state index contributed by atoms with van der Waals surface area (Å²) in [5.41, 5.74) is 0.728. The lowest BCUT2D eigenvalue weighted by atomic mass is 9.93. The number of alkyl halides is 2. The van der Waals surface area contributed by atoms with E-state index < -0.39 is 6.61 Å². The molecule has 6 heteroatoms. The van der Waals surface area contributed by atoms with E-state index in [1.54, 1.807) is 12.1 Å². The van der Waals surface area contributed by atoms with Gasteiger partial charge >= 0.3 is 6.61 Å². The third-order valence-electron chi connectivity index (χ3n) is 2.68. The molecular formula is C11H11Cl2F2NO. The molecule has 0 heterocycles. The maximum atomic E-state index is 12.1. The number of halogens is 4. The Morgan fingerprint density at radius 2 is 1.82 bits per heavy atom. The molecule has 1 aliphatic carbocycles. The van der Waals surface area contributed by atoms with Gasteiger partial charge in [0.2, 0.25) is 0 Å². The fraction of sp³-hybridized carbons (Fsp3) is 0.455. The van der Waals surface area contributed by atoms with Crippen molar-refractivity contribution < 1.29 is 13.5 Å². The van der Waals surface area contributed by atoms with Crippen molar-refractivity contribution in [2.24, 2.45) is 0 Å². The summed E-state index contributed by atoms with van der Waals surface area (Å²) in [5.74, 6) is -0.178. The smallest absolute Gasteiger partial charge is 0.387 e. The van der Waals surface area contributed by atoms with Gasteiger partial charge in [-0.2, -0.15) is 8.78 Å². The normalized spacial score (nSPS) is 15.8. The van der Waals surface area contributed by atoms with Crippen molar-refractivity contribution in [3.05, 3.63) is 22.2 Å². The second kappa shape index (κ2) is 5.27. The Labute approximate surface area is 108 Å². The quantitative estimate of drug-likeness (QED) is 0.874. The number of anilines is 1. The molecule has 1 fully saturated rings. The van der Waals surface area contributed by atoms with Crippen LogP contribution < -0.4 is 10.1 Å². The first-order valence-electron chi connectivity index (χ1n) is 5.26. The third-order valence-corrected chi connectivity index (χ3v) is 3.24. The van der Waals surface area contributed by atoms with Crippen molar-refractivity contribution in [3.8, 4) is 5.75 Å². The highest BCUT2D eigenvalue weighted by Gasteiger charge is 2.19. The fourth-order valence-electron chi connectivity index (χ4n) is 1.63. The largest absolute Gasteiger partial charge is 0.432 e. The molecular weight excluding hydrogens is 271 g/mol. The van der Waals surface area contributed by atoms with Gasteiger partial charge < -0.3 is 10.1 Å². The molecule has 94 valence electrons. The number of rotatable bonds is 4. The van der Waals surface area contributed by atoms with Crippen molar-refractivity contribution in [3.63, 3.8) is 0 Å². The predicted octanol–water partition coefficient (Wildman–Crippen LogP) is 4.56. The monoisotopic (exact) mass is 281 g/mol. The van der Waals surface area contributed by atoms with Crippen LogP contribution in [0.15, 0.2) is 12.1 Å². The second-order valence-electron chi connectivity index (χ2n) is 3.92. The summed E-state index contributed by atoms with van der Waals surface area (Å²) in [7, 11) is 0. The maximum absolute atomic E-state index is 12.1. The molecule has 17 heavy (non-hydrogen) atoms. The van der Waals surface area contributed by atoms with Crippen LogP contribution in [-0.4, -0.2) is 12.7 Å². The van der Waals surface area contributed by atoms with Gasteiger partial charge in [0.15, 0.2) is 5.75 Å². The molecule has 0 radical (unpaired) electrons. The summed E-state index contributed by atoms with van der Waals surface area (Å²) in [5, 5.41) is 3.39. The van der Waals surface area contributed by atoms with Crippen LogP contribution in [0.1, 0.15) is 19.3 Å². The highest BCUT2D eigenvalue weighted by molar-refractivity contribution is 6.37. The van der Waals surface area contributed by atoms with Crippen LogP contribution in [0.25, 0.3) is 0 Å². The zero-order chi connectivity index (χ0) is 12.4. The zero-order valence-corrected chi connectivity index (χ0v) is 10.4. The summed E-state index contributed by atoms with van der Waals surface area (Å²) in [6.07, 6.45) is 3.40. The molecule has 1 aromatic rings. The second-order valence-corrected chi connectivity index (χ2v) is 4.73. The summed E-state index contributed by atoms with van der Waals surface area (Å²) < 4.78 is 28.5. The van der Waals surface area contributed by atoms with E-state index in [2.05, 4.69) is 10.1 Å². The number of benzene rings is 1. The van der Waals surface area contributed by atoms with Crippen LogP contribution in [0.4, 0.5) is 14.5 Å². The topological polar surface area (TPSA) is 21.3 Å². The van der Waals surface area contributed by atoms with Gasteiger partial charge in [-0.15, -0.1) is 0 Å². The maximum Gasteiger partial charge on any atom is 0.387 e. The van der Waals surface area contributed by atoms with Gasteiger partial charge in [0.1, 0.15) is 0 Å². The molecule has 0 aliphatic heterocycles. The Bertz CT molecular complexity index is 387. The minimum Gasteiger partial charge on any atom is -0.432 e. The van der Waals surface area contributed by atoms with E-state index in [9.17, 15) is 8.78 Å². The molecule has 0 amide bonds. The average Bonchev–Trinajstić information content (AvgIpc) is 2.17. The highest BCUT2D eigenvalue weighted by atomic mass is 35.5. The Balaban J connectivity index is 2.15. The molecule has 0 aromatic heterocycles. The lowest BCUT2D eigenvalue weighted by Gasteiger charge is -2.27. The number of ether oxygens (including phenoxy) is 1. The molecule has 2 rings (SSSR count). The van der Waals surface area contributed by atoms with Crippen molar-refractivity contribution in [1.29, 1.82) is 0 Å². The Hall–Kier alpha value is -0.740. The van der Waals surface area contributed by atoms with E-state index in [1.807, 2.05) is 0 Å². The minimum absolute atomic E-state index is 0.0830. The van der Waals surface area contributed by atoms with Crippen LogP contribution in [0.2, 0.25) is 10.0 Å². The molecule has 0 unspecified atom stereocenters. The van der Waals surface area contributed by atoms with Gasteiger partial charge in [0.25, 0.3) is 0 Å². The fourth-order valence-corrected chi connectivity index (χ4v) is 2.21. The summed E-state index contributed by atoms with van der Waals surface area (Å²) in [6.45, 7) is -2.93. The molecule has 1 N–H and O–H groups in total. The SMILES string of the molecule is FC(F)Oc1c(Cl)cc(NC2CCC2)cc1Cl. The van der Waals surface area contributed by atoms with E-state index in [0.717, 1.165) is 18.5 Å². The lowest BCUT2D eigenvalue weighted by molar-refractivity contribution is -0.0497. The van der Waals surface area contributed by atoms with Gasteiger partial charge in [-0.05, 0) is 31.4 Å². The van der Waals surface area contributed by atoms with Gasteiger partial charge in [0.05, 0.1) is 10.0 Å². The molecule has 0 bridgehead atoms. The molecule has 1 aromatic carbocycles. The Morgan fingerprint density at radius 3 is 2.24 bits per heavy atom. The summed E-state index contributed by atoms with van der Waals surface area (Å²) in [6, 6.07) is 3.51. The molecule has 0 atom stereocenters. The number of nitrogens with one attached hydrogen (secondary N) is 1. The van der Waals surface area contributed by atoms with Crippen LogP contribution in [0, 0.1) is 0 Å². The van der Waals surface area contributed by atoms with Crippen molar-refractivity contribution in [2.75, 3.05) is 5.32 Å². The molecule has 1 aliphatic rings. The lowest BCUT2D eigenvalue weighted by Crippen LogP contribution is -2.26. The first-order chi connectivity index (χ1) is 8.06. The van der Waals surface area contributed by atoms with E-state index in [0.29, 0.717) is 6.04 Å². The molecule has 0 spiro atoms. The molecule has 2 nitrogen and oxygen atoms in total. The van der Waals surface area contributed by atoms with Gasteiger partial charge in [-0.1, -0.05) is 23.2 Å². The minimum atomic E-state index is -2.93. The van der Waals surface area contributed by atoms with E-state index >= 15 is 0 Å². The first-order valence-corrected chi connectivity index (χ1v) is 6.02. The highest BCUT2D eigenvalue weighted by Crippen LogP contribution is 2.37. The number of hydrogen-bond donors (Lipinski definition) is 1. The van der Waals surface area contributed by atoms with E-state index in [4.69, 9.17) is 23.2 Å². The third kappa shape index (κ3) is 3.13. The van der Waals surface area contributed by atoms with E-state index in [-0.39, 0.29) is 15.8 Å². The van der Waals surface area contributed by atoms with Crippen LogP contribution in [-0.2, 0) is 0 Å². The van der Waals surface area contributed by atoms with Gasteiger partial charge in [0, 0.05) is 11.7 Å². The summed E-state index contributed by atoms with van der Waals surface area (Å²) >= 11 is 11.7. The van der Waals surface area contributed by atoms with E-state index in [1.165, 1.54) is 6.42 Å². The Kier molecular flexibility index (Phi) is 3.94. The zero-order valence-electron chi connectivity index (χ0n) is 8.85. The van der Waals surface area contributed by atoms with Gasteiger partial charge in [-0.25, -0.2) is 0 Å². The van der Waals surface area contributed by atoms with Crippen molar-refractivity contribution in [2.45, 2.75) is 31.9 Å².